The number of benzene rings is 2. The lowest BCUT2D eigenvalue weighted by Crippen LogP contribution is -2.27. The van der Waals surface area contributed by atoms with Crippen LogP contribution < -0.4 is 0 Å². The van der Waals surface area contributed by atoms with Gasteiger partial charge in [-0.25, -0.2) is 0 Å². The summed E-state index contributed by atoms with van der Waals surface area (Å²) in [7, 11) is 0. The van der Waals surface area contributed by atoms with Crippen LogP contribution in [0.4, 0.5) is 0 Å². The summed E-state index contributed by atoms with van der Waals surface area (Å²) in [6.07, 6.45) is 7.76. The first-order chi connectivity index (χ1) is 12.7. The SMILES string of the molecule is CC.Oc1ccccc1C=NC1CCCCC1N=Cc1ccccc1O. The van der Waals surface area contributed by atoms with E-state index in [0.717, 1.165) is 36.8 Å². The Morgan fingerprint density at radius 2 is 1.12 bits per heavy atom. The molecule has 1 aliphatic rings. The number of rotatable bonds is 4. The standard InChI is InChI=1S/C20H22N2O2.C2H6/c23-19-11-5-1-7-15(19)13-21-17-9-3-4-10-18(17)22-14-16-8-2-6-12-20(16)24;1-2/h1-2,5-8,11-14,17-18,23-24H,3-4,9-10H2;1-2H3. The van der Waals surface area contributed by atoms with Gasteiger partial charge in [-0.15, -0.1) is 0 Å². The molecule has 0 amide bonds. The maximum Gasteiger partial charge on any atom is 0.124 e. The van der Waals surface area contributed by atoms with Crippen molar-refractivity contribution in [2.75, 3.05) is 0 Å². The van der Waals surface area contributed by atoms with Crippen LogP contribution in [0.3, 0.4) is 0 Å². The third kappa shape index (κ3) is 5.45. The molecule has 2 atom stereocenters. The summed E-state index contributed by atoms with van der Waals surface area (Å²) in [5.41, 5.74) is 1.46. The summed E-state index contributed by atoms with van der Waals surface area (Å²) in [6, 6.07) is 14.6. The minimum atomic E-state index is 0.112. The molecule has 2 aromatic rings. The molecule has 138 valence electrons. The maximum absolute atomic E-state index is 9.84. The Hall–Kier alpha value is -2.62. The zero-order valence-corrected chi connectivity index (χ0v) is 15.5. The van der Waals surface area contributed by atoms with Crippen molar-refractivity contribution >= 4 is 12.4 Å². The average molecular weight is 352 g/mol. The molecular weight excluding hydrogens is 324 g/mol. The molecule has 2 aromatic carbocycles. The number of aromatic hydroxyl groups is 2. The van der Waals surface area contributed by atoms with Gasteiger partial charge >= 0.3 is 0 Å². The minimum Gasteiger partial charge on any atom is -0.507 e. The fraction of sp³-hybridized carbons (Fsp3) is 0.364. The Balaban J connectivity index is 0.00000117. The molecule has 0 saturated heterocycles. The van der Waals surface area contributed by atoms with E-state index in [-0.39, 0.29) is 23.6 Å². The number of hydrogen-bond donors (Lipinski definition) is 2. The van der Waals surface area contributed by atoms with Crippen LogP contribution in [-0.2, 0) is 0 Å². The first-order valence-corrected chi connectivity index (χ1v) is 9.36. The molecule has 0 aliphatic heterocycles. The molecule has 3 rings (SSSR count). The van der Waals surface area contributed by atoms with E-state index < -0.39 is 0 Å². The topological polar surface area (TPSA) is 65.2 Å². The molecule has 2 unspecified atom stereocenters. The smallest absolute Gasteiger partial charge is 0.124 e. The number of phenols is 2. The third-order valence-electron chi connectivity index (χ3n) is 4.38. The van der Waals surface area contributed by atoms with E-state index in [4.69, 9.17) is 0 Å². The van der Waals surface area contributed by atoms with Crippen molar-refractivity contribution in [2.24, 2.45) is 9.98 Å². The quantitative estimate of drug-likeness (QED) is 0.763. The van der Waals surface area contributed by atoms with Crippen molar-refractivity contribution in [1.29, 1.82) is 0 Å². The van der Waals surface area contributed by atoms with Crippen LogP contribution in [0.1, 0.15) is 50.7 Å². The molecule has 0 heterocycles. The number of aliphatic imine (C=N–C) groups is 2. The summed E-state index contributed by atoms with van der Waals surface area (Å²) in [6.45, 7) is 4.00. The van der Waals surface area contributed by atoms with E-state index in [2.05, 4.69) is 9.98 Å². The largest absolute Gasteiger partial charge is 0.507 e. The van der Waals surface area contributed by atoms with E-state index in [9.17, 15) is 10.2 Å². The predicted octanol–water partition coefficient (Wildman–Crippen LogP) is 4.97. The second-order valence-corrected chi connectivity index (χ2v) is 6.09. The van der Waals surface area contributed by atoms with Crippen LogP contribution in [0, 0.1) is 0 Å². The minimum absolute atomic E-state index is 0.112. The monoisotopic (exact) mass is 352 g/mol. The van der Waals surface area contributed by atoms with E-state index in [1.165, 1.54) is 0 Å². The van der Waals surface area contributed by atoms with Crippen LogP contribution >= 0.6 is 0 Å². The molecule has 0 bridgehead atoms. The Bertz CT molecular complexity index is 677. The summed E-state index contributed by atoms with van der Waals surface area (Å²) >= 11 is 0. The molecule has 0 spiro atoms. The normalized spacial score (nSPS) is 20.1. The van der Waals surface area contributed by atoms with Crippen LogP contribution in [-0.4, -0.2) is 34.7 Å². The lowest BCUT2D eigenvalue weighted by atomic mass is 9.91. The molecular formula is C22H28N2O2. The van der Waals surface area contributed by atoms with Crippen LogP contribution in [0.15, 0.2) is 58.5 Å². The summed E-state index contributed by atoms with van der Waals surface area (Å²) in [4.78, 5) is 9.34. The molecule has 2 N–H and O–H groups in total. The van der Waals surface area contributed by atoms with E-state index >= 15 is 0 Å². The fourth-order valence-electron chi connectivity index (χ4n) is 2.98. The molecule has 0 radical (unpaired) electrons. The van der Waals surface area contributed by atoms with Crippen molar-refractivity contribution in [3.63, 3.8) is 0 Å². The molecule has 4 heteroatoms. The van der Waals surface area contributed by atoms with Crippen LogP contribution in [0.2, 0.25) is 0 Å². The lowest BCUT2D eigenvalue weighted by Gasteiger charge is -2.25. The lowest BCUT2D eigenvalue weighted by molar-refractivity contribution is 0.390. The highest BCUT2D eigenvalue weighted by Crippen LogP contribution is 2.25. The van der Waals surface area contributed by atoms with Crippen molar-refractivity contribution < 1.29 is 10.2 Å². The number of nitrogens with zero attached hydrogens (tertiary/aromatic N) is 2. The Morgan fingerprint density at radius 1 is 0.731 bits per heavy atom. The second kappa shape index (κ2) is 10.4. The van der Waals surface area contributed by atoms with Gasteiger partial charge < -0.3 is 10.2 Å². The molecule has 1 aliphatic carbocycles. The van der Waals surface area contributed by atoms with Crippen molar-refractivity contribution in [3.8, 4) is 11.5 Å². The third-order valence-corrected chi connectivity index (χ3v) is 4.38. The van der Waals surface area contributed by atoms with Crippen molar-refractivity contribution in [3.05, 3.63) is 59.7 Å². The highest BCUT2D eigenvalue weighted by molar-refractivity contribution is 5.84. The number of para-hydroxylation sites is 2. The van der Waals surface area contributed by atoms with Crippen molar-refractivity contribution in [2.45, 2.75) is 51.6 Å². The fourth-order valence-corrected chi connectivity index (χ4v) is 2.98. The highest BCUT2D eigenvalue weighted by Gasteiger charge is 2.23. The molecule has 4 nitrogen and oxygen atoms in total. The molecule has 26 heavy (non-hydrogen) atoms. The van der Waals surface area contributed by atoms with Crippen LogP contribution in [0.5, 0.6) is 11.5 Å². The zero-order valence-electron chi connectivity index (χ0n) is 15.5. The summed E-state index contributed by atoms with van der Waals surface area (Å²) < 4.78 is 0. The predicted molar refractivity (Wildman–Crippen MR) is 109 cm³/mol. The van der Waals surface area contributed by atoms with Crippen molar-refractivity contribution in [1.82, 2.24) is 0 Å². The zero-order chi connectivity index (χ0) is 18.8. The Kier molecular flexibility index (Phi) is 7.87. The van der Waals surface area contributed by atoms with Gasteiger partial charge in [0.25, 0.3) is 0 Å². The average Bonchev–Trinajstić information content (AvgIpc) is 2.69. The number of hydrogen-bond acceptors (Lipinski definition) is 4. The van der Waals surface area contributed by atoms with Gasteiger partial charge in [0.1, 0.15) is 11.5 Å². The summed E-state index contributed by atoms with van der Waals surface area (Å²) in [5, 5.41) is 19.7. The first kappa shape index (κ1) is 19.7. The Labute approximate surface area is 156 Å². The first-order valence-electron chi connectivity index (χ1n) is 9.36. The second-order valence-electron chi connectivity index (χ2n) is 6.09. The maximum atomic E-state index is 9.84. The van der Waals surface area contributed by atoms with Gasteiger partial charge in [0.05, 0.1) is 12.1 Å². The van der Waals surface area contributed by atoms with Gasteiger partial charge in [0.15, 0.2) is 0 Å². The van der Waals surface area contributed by atoms with Gasteiger partial charge in [-0.3, -0.25) is 9.98 Å². The molecule has 1 fully saturated rings. The van der Waals surface area contributed by atoms with Gasteiger partial charge in [-0.05, 0) is 37.1 Å². The van der Waals surface area contributed by atoms with E-state index in [0.29, 0.717) is 0 Å². The van der Waals surface area contributed by atoms with Gasteiger partial charge in [-0.2, -0.15) is 0 Å². The van der Waals surface area contributed by atoms with E-state index in [1.54, 1.807) is 36.7 Å². The highest BCUT2D eigenvalue weighted by atomic mass is 16.3. The van der Waals surface area contributed by atoms with Gasteiger partial charge in [0, 0.05) is 23.6 Å². The van der Waals surface area contributed by atoms with E-state index in [1.807, 2.05) is 38.1 Å². The number of phenolic OH excluding ortho intramolecular Hbond substituents is 2. The summed E-state index contributed by atoms with van der Waals surface area (Å²) in [5.74, 6) is 0.484. The van der Waals surface area contributed by atoms with Gasteiger partial charge in [-0.1, -0.05) is 51.0 Å². The van der Waals surface area contributed by atoms with Crippen LogP contribution in [0.25, 0.3) is 0 Å². The van der Waals surface area contributed by atoms with Gasteiger partial charge in [0.2, 0.25) is 0 Å². The Morgan fingerprint density at radius 3 is 1.50 bits per heavy atom. The molecule has 0 aromatic heterocycles. The molecule has 1 saturated carbocycles.